The standard InChI is InChI=1S/C12H18N4O/c1-3-9-15-7(2)10(8-5-4-6-14-8)11(16-9)12(13)17/h8,14H,3-6H2,1-2H3,(H2,13,17). The van der Waals surface area contributed by atoms with Crippen LogP contribution in [0.1, 0.15) is 53.4 Å². The van der Waals surface area contributed by atoms with Gasteiger partial charge >= 0.3 is 0 Å². The summed E-state index contributed by atoms with van der Waals surface area (Å²) in [6.45, 7) is 4.85. The van der Waals surface area contributed by atoms with Crippen molar-refractivity contribution in [3.8, 4) is 0 Å². The summed E-state index contributed by atoms with van der Waals surface area (Å²) in [6.07, 6.45) is 2.83. The lowest BCUT2D eigenvalue weighted by molar-refractivity contribution is 0.0993. The zero-order valence-corrected chi connectivity index (χ0v) is 10.3. The van der Waals surface area contributed by atoms with E-state index >= 15 is 0 Å². The van der Waals surface area contributed by atoms with Crippen LogP contribution in [0.2, 0.25) is 0 Å². The Bertz CT molecular complexity index is 438. The van der Waals surface area contributed by atoms with Gasteiger partial charge in [0.1, 0.15) is 11.5 Å². The van der Waals surface area contributed by atoms with Crippen LogP contribution in [-0.4, -0.2) is 22.4 Å². The summed E-state index contributed by atoms with van der Waals surface area (Å²) < 4.78 is 0. The highest BCUT2D eigenvalue weighted by molar-refractivity contribution is 5.92. The van der Waals surface area contributed by atoms with Gasteiger partial charge in [-0.3, -0.25) is 4.79 Å². The van der Waals surface area contributed by atoms with Crippen LogP contribution >= 0.6 is 0 Å². The van der Waals surface area contributed by atoms with Gasteiger partial charge in [-0.05, 0) is 26.3 Å². The monoisotopic (exact) mass is 234 g/mol. The summed E-state index contributed by atoms with van der Waals surface area (Å²) in [5.74, 6) is 0.215. The quantitative estimate of drug-likeness (QED) is 0.813. The second-order valence-electron chi connectivity index (χ2n) is 4.35. The number of nitrogens with two attached hydrogens (primary N) is 1. The van der Waals surface area contributed by atoms with Gasteiger partial charge in [0.25, 0.3) is 5.91 Å². The maximum Gasteiger partial charge on any atom is 0.267 e. The molecule has 0 saturated carbocycles. The van der Waals surface area contributed by atoms with Crippen molar-refractivity contribution >= 4 is 5.91 Å². The minimum atomic E-state index is -0.464. The average molecular weight is 234 g/mol. The van der Waals surface area contributed by atoms with Gasteiger partial charge in [0.2, 0.25) is 0 Å². The lowest BCUT2D eigenvalue weighted by Crippen LogP contribution is -2.24. The predicted molar refractivity (Wildman–Crippen MR) is 64.6 cm³/mol. The first-order valence-corrected chi connectivity index (χ1v) is 6.04. The van der Waals surface area contributed by atoms with Crippen LogP contribution in [0.15, 0.2) is 0 Å². The molecule has 1 saturated heterocycles. The van der Waals surface area contributed by atoms with Crippen molar-refractivity contribution in [2.45, 2.75) is 39.2 Å². The number of amides is 1. The number of hydrogen-bond donors (Lipinski definition) is 2. The lowest BCUT2D eigenvalue weighted by Gasteiger charge is -2.16. The van der Waals surface area contributed by atoms with Gasteiger partial charge in [-0.25, -0.2) is 9.97 Å². The van der Waals surface area contributed by atoms with Crippen molar-refractivity contribution in [2.24, 2.45) is 5.73 Å². The first-order valence-electron chi connectivity index (χ1n) is 6.04. The van der Waals surface area contributed by atoms with E-state index in [2.05, 4.69) is 15.3 Å². The number of carbonyl (C=O) groups excluding carboxylic acids is 1. The van der Waals surface area contributed by atoms with Crippen LogP contribution in [0.4, 0.5) is 0 Å². The molecular weight excluding hydrogens is 216 g/mol. The SMILES string of the molecule is CCc1nc(C)c(C2CCCN2)c(C(N)=O)n1. The normalized spacial score (nSPS) is 19.5. The summed E-state index contributed by atoms with van der Waals surface area (Å²) in [6, 6.07) is 0.170. The van der Waals surface area contributed by atoms with Crippen LogP contribution in [0.5, 0.6) is 0 Å². The van der Waals surface area contributed by atoms with E-state index in [4.69, 9.17) is 5.73 Å². The summed E-state index contributed by atoms with van der Waals surface area (Å²) >= 11 is 0. The van der Waals surface area contributed by atoms with E-state index in [9.17, 15) is 4.79 Å². The Morgan fingerprint density at radius 1 is 1.53 bits per heavy atom. The van der Waals surface area contributed by atoms with E-state index in [0.29, 0.717) is 17.9 Å². The molecule has 3 N–H and O–H groups in total. The maximum absolute atomic E-state index is 11.5. The Morgan fingerprint density at radius 3 is 2.82 bits per heavy atom. The van der Waals surface area contributed by atoms with Gasteiger partial charge in [0.05, 0.1) is 0 Å². The summed E-state index contributed by atoms with van der Waals surface area (Å²) in [7, 11) is 0. The highest BCUT2D eigenvalue weighted by Crippen LogP contribution is 2.27. The van der Waals surface area contributed by atoms with Crippen LogP contribution in [0.25, 0.3) is 0 Å². The minimum Gasteiger partial charge on any atom is -0.364 e. The number of nitrogens with one attached hydrogen (secondary N) is 1. The van der Waals surface area contributed by atoms with Crippen molar-refractivity contribution in [1.82, 2.24) is 15.3 Å². The van der Waals surface area contributed by atoms with E-state index in [-0.39, 0.29) is 6.04 Å². The number of primary amides is 1. The number of hydrogen-bond acceptors (Lipinski definition) is 4. The van der Waals surface area contributed by atoms with Gasteiger partial charge in [-0.2, -0.15) is 0 Å². The van der Waals surface area contributed by atoms with Gasteiger partial charge in [0, 0.05) is 23.7 Å². The summed E-state index contributed by atoms with van der Waals surface area (Å²) in [5, 5.41) is 3.36. The summed E-state index contributed by atoms with van der Waals surface area (Å²) in [4.78, 5) is 20.2. The molecule has 5 heteroatoms. The average Bonchev–Trinajstić information content (AvgIpc) is 2.80. The molecule has 1 aromatic rings. The third kappa shape index (κ3) is 2.29. The van der Waals surface area contributed by atoms with Gasteiger partial charge < -0.3 is 11.1 Å². The Kier molecular flexibility index (Phi) is 3.38. The topological polar surface area (TPSA) is 80.9 Å². The Morgan fingerprint density at radius 2 is 2.29 bits per heavy atom. The molecule has 1 aliphatic heterocycles. The lowest BCUT2D eigenvalue weighted by atomic mass is 10.0. The van der Waals surface area contributed by atoms with Crippen LogP contribution in [0, 0.1) is 6.92 Å². The van der Waals surface area contributed by atoms with Crippen LogP contribution in [-0.2, 0) is 6.42 Å². The van der Waals surface area contributed by atoms with Gasteiger partial charge in [-0.1, -0.05) is 6.92 Å². The molecule has 1 atom stereocenters. The van der Waals surface area contributed by atoms with E-state index in [1.54, 1.807) is 0 Å². The second-order valence-corrected chi connectivity index (χ2v) is 4.35. The highest BCUT2D eigenvalue weighted by atomic mass is 16.1. The number of nitrogens with zero attached hydrogens (tertiary/aromatic N) is 2. The number of aromatic nitrogens is 2. The minimum absolute atomic E-state index is 0.170. The molecule has 1 fully saturated rings. The van der Waals surface area contributed by atoms with Gasteiger partial charge in [0.15, 0.2) is 0 Å². The van der Waals surface area contributed by atoms with Crippen molar-refractivity contribution in [3.05, 3.63) is 22.8 Å². The fraction of sp³-hybridized carbons (Fsp3) is 0.583. The zero-order chi connectivity index (χ0) is 12.4. The molecular formula is C12H18N4O. The smallest absolute Gasteiger partial charge is 0.267 e. The van der Waals surface area contributed by atoms with Crippen molar-refractivity contribution in [3.63, 3.8) is 0 Å². The van der Waals surface area contributed by atoms with E-state index in [1.807, 2.05) is 13.8 Å². The largest absolute Gasteiger partial charge is 0.364 e. The van der Waals surface area contributed by atoms with E-state index < -0.39 is 5.91 Å². The van der Waals surface area contributed by atoms with E-state index in [1.165, 1.54) is 0 Å². The predicted octanol–water partition coefficient (Wildman–Crippen LogP) is 0.871. The molecule has 0 aromatic carbocycles. The molecule has 0 spiro atoms. The molecule has 17 heavy (non-hydrogen) atoms. The first kappa shape index (κ1) is 12.0. The third-order valence-electron chi connectivity index (χ3n) is 3.14. The fourth-order valence-electron chi connectivity index (χ4n) is 2.33. The summed E-state index contributed by atoms with van der Waals surface area (Å²) in [5.41, 5.74) is 7.55. The number of aryl methyl sites for hydroxylation is 2. The molecule has 2 heterocycles. The van der Waals surface area contributed by atoms with Crippen molar-refractivity contribution in [1.29, 1.82) is 0 Å². The second kappa shape index (κ2) is 4.79. The Balaban J connectivity index is 2.51. The number of carbonyl (C=O) groups is 1. The molecule has 0 radical (unpaired) electrons. The molecule has 1 aromatic heterocycles. The molecule has 2 rings (SSSR count). The maximum atomic E-state index is 11.5. The molecule has 1 aliphatic rings. The Labute approximate surface area is 101 Å². The highest BCUT2D eigenvalue weighted by Gasteiger charge is 2.25. The molecule has 0 bridgehead atoms. The van der Waals surface area contributed by atoms with Gasteiger partial charge in [-0.15, -0.1) is 0 Å². The molecule has 1 amide bonds. The fourth-order valence-corrected chi connectivity index (χ4v) is 2.33. The first-order chi connectivity index (χ1) is 8.13. The molecule has 1 unspecified atom stereocenters. The zero-order valence-electron chi connectivity index (χ0n) is 10.3. The molecule has 92 valence electrons. The van der Waals surface area contributed by atoms with Crippen LogP contribution < -0.4 is 11.1 Å². The third-order valence-corrected chi connectivity index (χ3v) is 3.14. The number of rotatable bonds is 3. The molecule has 5 nitrogen and oxygen atoms in total. The van der Waals surface area contributed by atoms with Crippen LogP contribution in [0.3, 0.4) is 0 Å². The molecule has 0 aliphatic carbocycles. The van der Waals surface area contributed by atoms with Crippen molar-refractivity contribution in [2.75, 3.05) is 6.54 Å². The Hall–Kier alpha value is -1.49. The van der Waals surface area contributed by atoms with E-state index in [0.717, 1.165) is 30.6 Å². The van der Waals surface area contributed by atoms with Crippen molar-refractivity contribution < 1.29 is 4.79 Å².